The molecule has 7 atom stereocenters. The first kappa shape index (κ1) is 28.8. The molecule has 2 saturated carbocycles. The van der Waals surface area contributed by atoms with Gasteiger partial charge in [-0.25, -0.2) is 9.59 Å². The molecule has 1 aromatic heterocycles. The van der Waals surface area contributed by atoms with Gasteiger partial charge in [-0.1, -0.05) is 29.5 Å². The highest BCUT2D eigenvalue weighted by Gasteiger charge is 2.69. The van der Waals surface area contributed by atoms with Gasteiger partial charge in [0.05, 0.1) is 41.3 Å². The van der Waals surface area contributed by atoms with Crippen molar-refractivity contribution in [2.45, 2.75) is 36.5 Å². The number of thiazole rings is 1. The van der Waals surface area contributed by atoms with E-state index in [9.17, 15) is 24.0 Å². The van der Waals surface area contributed by atoms with Crippen molar-refractivity contribution in [1.29, 1.82) is 0 Å². The van der Waals surface area contributed by atoms with Crippen LogP contribution in [0.3, 0.4) is 0 Å². The Morgan fingerprint density at radius 3 is 2.36 bits per heavy atom. The second-order valence-electron chi connectivity index (χ2n) is 11.4. The fourth-order valence-corrected chi connectivity index (χ4v) is 10.7. The van der Waals surface area contributed by atoms with Crippen LogP contribution in [0.1, 0.15) is 47.0 Å². The molecule has 12 heteroatoms. The van der Waals surface area contributed by atoms with E-state index in [0.29, 0.717) is 17.0 Å². The Morgan fingerprint density at radius 1 is 0.932 bits per heavy atom. The minimum Gasteiger partial charge on any atom is -0.482 e. The lowest BCUT2D eigenvalue weighted by atomic mass is 9.68. The van der Waals surface area contributed by atoms with Crippen LogP contribution in [0, 0.1) is 29.6 Å². The number of esters is 2. The lowest BCUT2D eigenvalue weighted by molar-refractivity contribution is -0.145. The summed E-state index contributed by atoms with van der Waals surface area (Å²) in [7, 11) is 0. The third-order valence-electron chi connectivity index (χ3n) is 9.27. The number of aromatic amines is 1. The first-order valence-corrected chi connectivity index (χ1v) is 16.4. The summed E-state index contributed by atoms with van der Waals surface area (Å²) in [5.74, 6) is -2.19. The van der Waals surface area contributed by atoms with Crippen molar-refractivity contribution in [3.8, 4) is 5.75 Å². The van der Waals surface area contributed by atoms with Gasteiger partial charge in [0, 0.05) is 21.6 Å². The lowest BCUT2D eigenvalue weighted by Gasteiger charge is -2.43. The van der Waals surface area contributed by atoms with Crippen LogP contribution < -0.4 is 14.5 Å². The van der Waals surface area contributed by atoms with E-state index in [4.69, 9.17) is 14.2 Å². The number of H-pyrrole nitrogens is 1. The van der Waals surface area contributed by atoms with Crippen molar-refractivity contribution >= 4 is 52.5 Å². The molecule has 2 aliphatic heterocycles. The number of hydrogen-bond acceptors (Lipinski definition) is 10. The molecule has 228 valence electrons. The van der Waals surface area contributed by atoms with Gasteiger partial charge in [0.1, 0.15) is 5.75 Å². The fraction of sp³-hybridized carbons (Fsp3) is 0.406. The zero-order valence-corrected chi connectivity index (χ0v) is 25.7. The summed E-state index contributed by atoms with van der Waals surface area (Å²) in [5.41, 5.74) is 1.63. The summed E-state index contributed by atoms with van der Waals surface area (Å²) in [5, 5.41) is 0.795. The molecule has 7 rings (SSSR count). The van der Waals surface area contributed by atoms with Crippen molar-refractivity contribution < 1.29 is 33.4 Å². The highest BCUT2D eigenvalue weighted by molar-refractivity contribution is 8.00. The molecule has 2 aromatic carbocycles. The number of fused-ring (bicyclic) bond motifs is 9. The SMILES string of the molecule is CCOC(=O)COc1ccccc1[C@H]1c2sc(=O)[nH]c2SC2C1[C@H]1C[C@@H]2C2C(=O)N(c3ccc(C(=O)OCC)cc3)C(=O)C21. The van der Waals surface area contributed by atoms with Gasteiger partial charge in [-0.05, 0) is 68.4 Å². The number of hydrogen-bond donors (Lipinski definition) is 1. The van der Waals surface area contributed by atoms with E-state index >= 15 is 0 Å². The number of nitrogens with one attached hydrogen (secondary N) is 1. The van der Waals surface area contributed by atoms with Gasteiger partial charge in [0.25, 0.3) is 0 Å². The Morgan fingerprint density at radius 2 is 1.64 bits per heavy atom. The number of aromatic nitrogens is 1. The number of para-hydroxylation sites is 1. The molecule has 3 heterocycles. The van der Waals surface area contributed by atoms with Crippen LogP contribution in [0.15, 0.2) is 58.4 Å². The summed E-state index contributed by atoms with van der Waals surface area (Å²) >= 11 is 2.77. The Labute approximate surface area is 261 Å². The Bertz CT molecular complexity index is 1720. The molecule has 4 aliphatic rings. The van der Waals surface area contributed by atoms with Gasteiger partial charge in [-0.15, -0.1) is 11.8 Å². The molecule has 44 heavy (non-hydrogen) atoms. The van der Waals surface area contributed by atoms with E-state index in [1.165, 1.54) is 4.90 Å². The molecule has 3 aromatic rings. The Balaban J connectivity index is 1.23. The average molecular weight is 635 g/mol. The van der Waals surface area contributed by atoms with Crippen molar-refractivity contribution in [3.05, 3.63) is 74.2 Å². The Kier molecular flexibility index (Phi) is 7.36. The van der Waals surface area contributed by atoms with E-state index < -0.39 is 23.8 Å². The summed E-state index contributed by atoms with van der Waals surface area (Å²) in [6.45, 7) is 3.72. The van der Waals surface area contributed by atoms with Gasteiger partial charge in [0.2, 0.25) is 11.8 Å². The molecule has 2 bridgehead atoms. The predicted octanol–water partition coefficient (Wildman–Crippen LogP) is 4.23. The van der Waals surface area contributed by atoms with Crippen LogP contribution in [0.2, 0.25) is 0 Å². The van der Waals surface area contributed by atoms with Crippen LogP contribution in [-0.4, -0.2) is 53.8 Å². The maximum atomic E-state index is 14.1. The summed E-state index contributed by atoms with van der Waals surface area (Å²) in [6, 6.07) is 13.9. The normalized spacial score (nSPS) is 28.0. The molecule has 1 N–H and O–H groups in total. The van der Waals surface area contributed by atoms with E-state index in [2.05, 4.69) is 4.98 Å². The molecule has 2 amide bonds. The maximum Gasteiger partial charge on any atom is 0.344 e. The van der Waals surface area contributed by atoms with Gasteiger partial charge in [-0.3, -0.25) is 19.3 Å². The molecular weight excluding hydrogens is 604 g/mol. The quantitative estimate of drug-likeness (QED) is 0.286. The number of carbonyl (C=O) groups is 4. The second-order valence-corrected chi connectivity index (χ2v) is 13.6. The highest BCUT2D eigenvalue weighted by Crippen LogP contribution is 2.69. The van der Waals surface area contributed by atoms with E-state index in [0.717, 1.165) is 33.2 Å². The third kappa shape index (κ3) is 4.49. The third-order valence-corrected chi connectivity index (χ3v) is 11.9. The standard InChI is InChI=1S/C32H30N2O8S2/c1-3-40-21(35)14-42-20-8-6-5-7-17(20)22-23-18-13-19(26(23)43-28-27(22)44-32(39)33-28)25-24(18)29(36)34(30(25)37)16-11-9-15(10-12-16)31(38)41-4-2/h5-12,18-19,22-26H,3-4,13-14H2,1-2H3,(H,33,39)/t18-,19-,22-,23?,24?,25?,26?/m1/s1. The minimum absolute atomic E-state index is 0.00463. The first-order valence-electron chi connectivity index (χ1n) is 14.7. The van der Waals surface area contributed by atoms with Crippen molar-refractivity contribution in [2.24, 2.45) is 29.6 Å². The van der Waals surface area contributed by atoms with E-state index in [-0.39, 0.29) is 65.4 Å². The molecule has 1 saturated heterocycles. The summed E-state index contributed by atoms with van der Waals surface area (Å²) in [4.78, 5) is 69.9. The zero-order valence-electron chi connectivity index (χ0n) is 24.0. The molecule has 0 spiro atoms. The largest absolute Gasteiger partial charge is 0.482 e. The van der Waals surface area contributed by atoms with Crippen molar-refractivity contribution in [1.82, 2.24) is 4.98 Å². The number of carbonyl (C=O) groups excluding carboxylic acids is 4. The number of benzene rings is 2. The molecule has 10 nitrogen and oxygen atoms in total. The topological polar surface area (TPSA) is 132 Å². The maximum absolute atomic E-state index is 14.1. The molecule has 4 unspecified atom stereocenters. The zero-order chi connectivity index (χ0) is 30.7. The first-order chi connectivity index (χ1) is 21.3. The lowest BCUT2D eigenvalue weighted by Crippen LogP contribution is -2.42. The number of anilines is 1. The van der Waals surface area contributed by atoms with E-state index in [1.54, 1.807) is 49.9 Å². The average Bonchev–Trinajstić information content (AvgIpc) is 3.75. The molecule has 2 aliphatic carbocycles. The summed E-state index contributed by atoms with van der Waals surface area (Å²) < 4.78 is 16.1. The van der Waals surface area contributed by atoms with Crippen molar-refractivity contribution in [2.75, 3.05) is 24.7 Å². The van der Waals surface area contributed by atoms with Crippen LogP contribution in [-0.2, 0) is 23.9 Å². The number of thioether (sulfide) groups is 1. The van der Waals surface area contributed by atoms with Gasteiger partial charge in [-0.2, -0.15) is 0 Å². The highest BCUT2D eigenvalue weighted by atomic mass is 32.2. The number of nitrogens with zero attached hydrogens (tertiary/aromatic N) is 1. The monoisotopic (exact) mass is 634 g/mol. The van der Waals surface area contributed by atoms with Crippen LogP contribution in [0.5, 0.6) is 5.75 Å². The van der Waals surface area contributed by atoms with Gasteiger partial charge >= 0.3 is 16.8 Å². The molecular formula is C32H30N2O8S2. The number of amides is 2. The number of imide groups is 1. The van der Waals surface area contributed by atoms with Crippen molar-refractivity contribution in [3.63, 3.8) is 0 Å². The number of rotatable bonds is 8. The smallest absolute Gasteiger partial charge is 0.344 e. The second kappa shape index (κ2) is 11.2. The van der Waals surface area contributed by atoms with Gasteiger partial charge in [0.15, 0.2) is 6.61 Å². The Hall–Kier alpha value is -3.90. The van der Waals surface area contributed by atoms with Crippen LogP contribution in [0.25, 0.3) is 0 Å². The van der Waals surface area contributed by atoms with Crippen LogP contribution >= 0.6 is 23.1 Å². The minimum atomic E-state index is -0.480. The van der Waals surface area contributed by atoms with Crippen LogP contribution in [0.4, 0.5) is 5.69 Å². The predicted molar refractivity (Wildman–Crippen MR) is 162 cm³/mol. The van der Waals surface area contributed by atoms with Gasteiger partial charge < -0.3 is 19.2 Å². The number of ether oxygens (including phenoxy) is 3. The molecule has 0 radical (unpaired) electrons. The van der Waals surface area contributed by atoms with E-state index in [1.807, 2.05) is 24.3 Å². The fourth-order valence-electron chi connectivity index (χ4n) is 7.79. The molecule has 3 fully saturated rings. The summed E-state index contributed by atoms with van der Waals surface area (Å²) in [6.07, 6.45) is 0.742.